The van der Waals surface area contributed by atoms with Gasteiger partial charge in [0.2, 0.25) is 5.91 Å². The second-order valence-electron chi connectivity index (χ2n) is 5.17. The summed E-state index contributed by atoms with van der Waals surface area (Å²) in [5.41, 5.74) is -0.157. The smallest absolute Gasteiger partial charge is 0.329 e. The Morgan fingerprint density at radius 1 is 1.36 bits per heavy atom. The monoisotopic (exact) mass is 343 g/mol. The standard InChI is InChI=1S/C15H18ClNO4S/c16-12-3-1-2-11(8-12)9-22-10-13(18)17-15(14(19)20)4-6-21-7-5-15/h1-3,8H,4-7,9-10H2,(H,17,18)(H,19,20). The van der Waals surface area contributed by atoms with Crippen molar-refractivity contribution in [3.63, 3.8) is 0 Å². The van der Waals surface area contributed by atoms with Crippen molar-refractivity contribution >= 4 is 35.2 Å². The van der Waals surface area contributed by atoms with E-state index in [1.807, 2.05) is 18.2 Å². The minimum Gasteiger partial charge on any atom is -0.480 e. The number of thioether (sulfide) groups is 1. The number of benzene rings is 1. The highest BCUT2D eigenvalue weighted by molar-refractivity contribution is 7.99. The van der Waals surface area contributed by atoms with Gasteiger partial charge in [0.1, 0.15) is 5.54 Å². The molecule has 1 heterocycles. The van der Waals surface area contributed by atoms with Crippen molar-refractivity contribution in [2.75, 3.05) is 19.0 Å². The molecule has 0 unspecified atom stereocenters. The minimum absolute atomic E-state index is 0.211. The maximum atomic E-state index is 12.0. The van der Waals surface area contributed by atoms with Gasteiger partial charge >= 0.3 is 5.97 Å². The van der Waals surface area contributed by atoms with E-state index in [0.717, 1.165) is 5.56 Å². The fourth-order valence-electron chi connectivity index (χ4n) is 2.30. The van der Waals surface area contributed by atoms with Gasteiger partial charge < -0.3 is 15.2 Å². The fraction of sp³-hybridized carbons (Fsp3) is 0.467. The van der Waals surface area contributed by atoms with Gasteiger partial charge in [0.15, 0.2) is 0 Å². The molecule has 0 bridgehead atoms. The van der Waals surface area contributed by atoms with Gasteiger partial charge in [-0.3, -0.25) is 4.79 Å². The van der Waals surface area contributed by atoms with Crippen LogP contribution >= 0.6 is 23.4 Å². The maximum Gasteiger partial charge on any atom is 0.329 e. The van der Waals surface area contributed by atoms with Crippen LogP contribution in [-0.4, -0.2) is 41.5 Å². The zero-order valence-corrected chi connectivity index (χ0v) is 13.6. The summed E-state index contributed by atoms with van der Waals surface area (Å²) in [4.78, 5) is 23.5. The number of amides is 1. The van der Waals surface area contributed by atoms with Gasteiger partial charge in [-0.05, 0) is 17.7 Å². The lowest BCUT2D eigenvalue weighted by Gasteiger charge is -2.33. The molecular weight excluding hydrogens is 326 g/mol. The molecule has 22 heavy (non-hydrogen) atoms. The zero-order valence-electron chi connectivity index (χ0n) is 12.0. The van der Waals surface area contributed by atoms with E-state index in [0.29, 0.717) is 36.8 Å². The molecule has 1 saturated heterocycles. The van der Waals surface area contributed by atoms with E-state index < -0.39 is 11.5 Å². The molecule has 0 aromatic heterocycles. The van der Waals surface area contributed by atoms with Crippen molar-refractivity contribution in [2.24, 2.45) is 0 Å². The molecule has 120 valence electrons. The van der Waals surface area contributed by atoms with Crippen LogP contribution in [0.1, 0.15) is 18.4 Å². The molecule has 1 aromatic carbocycles. The van der Waals surface area contributed by atoms with Gasteiger partial charge in [-0.25, -0.2) is 4.79 Å². The van der Waals surface area contributed by atoms with Gasteiger partial charge in [0.05, 0.1) is 5.75 Å². The van der Waals surface area contributed by atoms with Gasteiger partial charge in [-0.1, -0.05) is 23.7 Å². The van der Waals surface area contributed by atoms with Crippen LogP contribution in [0, 0.1) is 0 Å². The Balaban J connectivity index is 1.83. The Hall–Kier alpha value is -1.24. The van der Waals surface area contributed by atoms with Crippen molar-refractivity contribution in [2.45, 2.75) is 24.1 Å². The molecule has 0 aliphatic carbocycles. The topological polar surface area (TPSA) is 75.6 Å². The van der Waals surface area contributed by atoms with Crippen molar-refractivity contribution in [1.82, 2.24) is 5.32 Å². The van der Waals surface area contributed by atoms with Crippen LogP contribution < -0.4 is 5.32 Å². The van der Waals surface area contributed by atoms with Gasteiger partial charge in [0.25, 0.3) is 0 Å². The number of rotatable bonds is 6. The molecule has 0 spiro atoms. The lowest BCUT2D eigenvalue weighted by atomic mass is 9.90. The number of nitrogens with one attached hydrogen (secondary N) is 1. The third kappa shape index (κ3) is 4.63. The lowest BCUT2D eigenvalue weighted by Crippen LogP contribution is -2.57. The number of ether oxygens (including phenoxy) is 1. The highest BCUT2D eigenvalue weighted by Crippen LogP contribution is 2.22. The van der Waals surface area contributed by atoms with E-state index in [4.69, 9.17) is 16.3 Å². The molecule has 7 heteroatoms. The highest BCUT2D eigenvalue weighted by Gasteiger charge is 2.41. The summed E-state index contributed by atoms with van der Waals surface area (Å²) in [6.45, 7) is 0.699. The van der Waals surface area contributed by atoms with Crippen LogP contribution in [0.3, 0.4) is 0 Å². The molecule has 1 amide bonds. The summed E-state index contributed by atoms with van der Waals surface area (Å²) in [5.74, 6) is -0.403. The van der Waals surface area contributed by atoms with E-state index >= 15 is 0 Å². The number of hydrogen-bond acceptors (Lipinski definition) is 4. The molecule has 0 saturated carbocycles. The zero-order chi connectivity index (χ0) is 16.0. The maximum absolute atomic E-state index is 12.0. The molecule has 2 N–H and O–H groups in total. The molecule has 1 aliphatic rings. The molecule has 1 aliphatic heterocycles. The van der Waals surface area contributed by atoms with Crippen molar-refractivity contribution < 1.29 is 19.4 Å². The average Bonchev–Trinajstić information content (AvgIpc) is 2.48. The van der Waals surface area contributed by atoms with Crippen LogP contribution in [0.5, 0.6) is 0 Å². The minimum atomic E-state index is -1.19. The van der Waals surface area contributed by atoms with Crippen molar-refractivity contribution in [3.05, 3.63) is 34.9 Å². The number of carbonyl (C=O) groups excluding carboxylic acids is 1. The predicted octanol–water partition coefficient (Wildman–Crippen LogP) is 2.32. The quantitative estimate of drug-likeness (QED) is 0.829. The summed E-state index contributed by atoms with van der Waals surface area (Å²) in [6, 6.07) is 7.45. The molecule has 2 rings (SSSR count). The van der Waals surface area contributed by atoms with Crippen molar-refractivity contribution in [1.29, 1.82) is 0 Å². The van der Waals surface area contributed by atoms with E-state index in [1.54, 1.807) is 6.07 Å². The van der Waals surface area contributed by atoms with Crippen LogP contribution in [0.15, 0.2) is 24.3 Å². The first-order chi connectivity index (χ1) is 10.5. The summed E-state index contributed by atoms with van der Waals surface area (Å²) >= 11 is 7.33. The van der Waals surface area contributed by atoms with E-state index in [-0.39, 0.29) is 11.7 Å². The SMILES string of the molecule is O=C(CSCc1cccc(Cl)c1)NC1(C(=O)O)CCOCC1. The largest absolute Gasteiger partial charge is 0.480 e. The fourth-order valence-corrected chi connectivity index (χ4v) is 3.29. The summed E-state index contributed by atoms with van der Waals surface area (Å²) < 4.78 is 5.17. The third-order valence-corrected chi connectivity index (χ3v) is 4.76. The Bertz CT molecular complexity index is 546. The molecule has 0 radical (unpaired) electrons. The number of hydrogen-bond donors (Lipinski definition) is 2. The van der Waals surface area contributed by atoms with E-state index in [9.17, 15) is 14.7 Å². The number of aliphatic carboxylic acids is 1. The second kappa shape index (κ2) is 7.85. The van der Waals surface area contributed by atoms with Crippen LogP contribution in [0.25, 0.3) is 0 Å². The van der Waals surface area contributed by atoms with Crippen molar-refractivity contribution in [3.8, 4) is 0 Å². The molecule has 1 aromatic rings. The first-order valence-corrected chi connectivity index (χ1v) is 8.49. The molecule has 5 nitrogen and oxygen atoms in total. The Labute approximate surface area is 138 Å². The lowest BCUT2D eigenvalue weighted by molar-refractivity contribution is -0.151. The third-order valence-electron chi connectivity index (χ3n) is 3.53. The normalized spacial score (nSPS) is 17.0. The predicted molar refractivity (Wildman–Crippen MR) is 86.2 cm³/mol. The van der Waals surface area contributed by atoms with Crippen LogP contribution in [0.2, 0.25) is 5.02 Å². The van der Waals surface area contributed by atoms with Gasteiger partial charge in [-0.15, -0.1) is 11.8 Å². The summed E-state index contributed by atoms with van der Waals surface area (Å²) in [7, 11) is 0. The number of carboxylic acid groups (broad SMARTS) is 1. The van der Waals surface area contributed by atoms with Crippen LogP contribution in [0.4, 0.5) is 0 Å². The molecule has 1 fully saturated rings. The Morgan fingerprint density at radius 3 is 2.73 bits per heavy atom. The molecular formula is C15H18ClNO4S. The summed E-state index contributed by atoms with van der Waals surface area (Å²) in [5, 5.41) is 12.7. The number of halogens is 1. The first kappa shape index (κ1) is 17.1. The highest BCUT2D eigenvalue weighted by atomic mass is 35.5. The number of carboxylic acids is 1. The summed E-state index contributed by atoms with van der Waals surface area (Å²) in [6.07, 6.45) is 0.597. The van der Waals surface area contributed by atoms with E-state index in [1.165, 1.54) is 11.8 Å². The first-order valence-electron chi connectivity index (χ1n) is 6.96. The second-order valence-corrected chi connectivity index (χ2v) is 6.59. The van der Waals surface area contributed by atoms with Gasteiger partial charge in [-0.2, -0.15) is 0 Å². The van der Waals surface area contributed by atoms with Crippen LogP contribution in [-0.2, 0) is 20.1 Å². The Morgan fingerprint density at radius 2 is 2.09 bits per heavy atom. The van der Waals surface area contributed by atoms with E-state index in [2.05, 4.69) is 5.32 Å². The van der Waals surface area contributed by atoms with Gasteiger partial charge in [0, 0.05) is 36.8 Å². The number of carbonyl (C=O) groups is 2. The Kier molecular flexibility index (Phi) is 6.11. The molecule has 0 atom stereocenters. The average molecular weight is 344 g/mol.